The lowest BCUT2D eigenvalue weighted by molar-refractivity contribution is 0.0000490. The molecule has 2 bridgehead atoms. The largest absolute Gasteiger partial charge is 0.379 e. The summed E-state index contributed by atoms with van der Waals surface area (Å²) in [5.41, 5.74) is 0.0112. The molecule has 2 fully saturated rings. The molecule has 2 nitrogen and oxygen atoms in total. The van der Waals surface area contributed by atoms with Gasteiger partial charge in [0.2, 0.25) is 0 Å². The molecule has 2 saturated heterocycles. The minimum absolute atomic E-state index is 0.0112. The highest BCUT2D eigenvalue weighted by molar-refractivity contribution is 6.20. The maximum atomic E-state index is 6.28. The number of halogens is 1. The van der Waals surface area contributed by atoms with Gasteiger partial charge in [-0.05, 0) is 46.0 Å². The summed E-state index contributed by atoms with van der Waals surface area (Å²) in [5.74, 6) is 0. The van der Waals surface area contributed by atoms with E-state index >= 15 is 0 Å². The van der Waals surface area contributed by atoms with Crippen molar-refractivity contribution in [3.05, 3.63) is 0 Å². The van der Waals surface area contributed by atoms with Crippen molar-refractivity contribution in [2.75, 3.05) is 13.7 Å². The Balaban J connectivity index is 1.87. The fraction of sp³-hybridized carbons (Fsp3) is 1.00. The molecule has 94 valence electrons. The molecule has 0 saturated carbocycles. The van der Waals surface area contributed by atoms with E-state index < -0.39 is 0 Å². The highest BCUT2D eigenvalue weighted by Crippen LogP contribution is 2.38. The predicted octanol–water partition coefficient (Wildman–Crippen LogP) is 3.04. The number of fused-ring (bicyclic) bond motifs is 2. The Bertz CT molecular complexity index is 230. The zero-order valence-electron chi connectivity index (χ0n) is 10.7. The van der Waals surface area contributed by atoms with Crippen LogP contribution in [0.2, 0.25) is 0 Å². The van der Waals surface area contributed by atoms with Gasteiger partial charge in [-0.15, -0.1) is 11.6 Å². The van der Waals surface area contributed by atoms with Gasteiger partial charge in [-0.25, -0.2) is 0 Å². The topological polar surface area (TPSA) is 12.5 Å². The monoisotopic (exact) mass is 245 g/mol. The second-order valence-corrected chi connectivity index (χ2v) is 6.52. The number of hydrogen-bond acceptors (Lipinski definition) is 2. The molecule has 0 radical (unpaired) electrons. The van der Waals surface area contributed by atoms with Crippen LogP contribution in [0.3, 0.4) is 0 Å². The van der Waals surface area contributed by atoms with Gasteiger partial charge < -0.3 is 4.74 Å². The summed E-state index contributed by atoms with van der Waals surface area (Å²) < 4.78 is 5.49. The minimum atomic E-state index is 0.0112. The van der Waals surface area contributed by atoms with Crippen LogP contribution in [0.15, 0.2) is 0 Å². The van der Waals surface area contributed by atoms with Gasteiger partial charge in [0, 0.05) is 31.1 Å². The Morgan fingerprint density at radius 3 is 2.31 bits per heavy atom. The Hall–Kier alpha value is 0.210. The normalized spacial score (nSPS) is 35.6. The Morgan fingerprint density at radius 2 is 1.81 bits per heavy atom. The summed E-state index contributed by atoms with van der Waals surface area (Å²) in [4.78, 5) is 2.68. The third kappa shape index (κ3) is 2.72. The van der Waals surface area contributed by atoms with Crippen LogP contribution in [0, 0.1) is 0 Å². The molecule has 2 unspecified atom stereocenters. The average Bonchev–Trinajstić information content (AvgIpc) is 2.47. The van der Waals surface area contributed by atoms with Gasteiger partial charge in [-0.3, -0.25) is 4.90 Å². The molecular formula is C13H24ClNO. The van der Waals surface area contributed by atoms with E-state index in [-0.39, 0.29) is 5.60 Å². The van der Waals surface area contributed by atoms with Crippen LogP contribution in [0.5, 0.6) is 0 Å². The molecule has 2 rings (SSSR count). The lowest BCUT2D eigenvalue weighted by Gasteiger charge is -2.38. The Labute approximate surface area is 104 Å². The van der Waals surface area contributed by atoms with E-state index in [2.05, 4.69) is 18.7 Å². The van der Waals surface area contributed by atoms with Gasteiger partial charge in [-0.2, -0.15) is 0 Å². The first kappa shape index (κ1) is 12.7. The van der Waals surface area contributed by atoms with Crippen LogP contribution < -0.4 is 0 Å². The molecule has 16 heavy (non-hydrogen) atoms. The lowest BCUT2D eigenvalue weighted by Crippen LogP contribution is -2.45. The smallest absolute Gasteiger partial charge is 0.0634 e. The van der Waals surface area contributed by atoms with Crippen molar-refractivity contribution < 1.29 is 4.74 Å². The number of methoxy groups -OCH3 is 1. The fourth-order valence-corrected chi connectivity index (χ4v) is 3.48. The van der Waals surface area contributed by atoms with Crippen molar-refractivity contribution in [1.29, 1.82) is 0 Å². The zero-order valence-corrected chi connectivity index (χ0v) is 11.5. The van der Waals surface area contributed by atoms with Gasteiger partial charge in [-0.1, -0.05) is 0 Å². The zero-order chi connectivity index (χ0) is 11.8. The molecule has 0 aliphatic carbocycles. The van der Waals surface area contributed by atoms with E-state index in [0.29, 0.717) is 5.38 Å². The number of ether oxygens (including phenoxy) is 1. The SMILES string of the molecule is COC(C)(C)CCN1C2CCC1CC(Cl)C2. The van der Waals surface area contributed by atoms with Crippen LogP contribution in [0.1, 0.15) is 46.0 Å². The van der Waals surface area contributed by atoms with Crippen molar-refractivity contribution in [1.82, 2.24) is 4.90 Å². The quantitative estimate of drug-likeness (QED) is 0.706. The van der Waals surface area contributed by atoms with Gasteiger partial charge in [0.05, 0.1) is 5.60 Å². The van der Waals surface area contributed by atoms with E-state index in [1.807, 2.05) is 0 Å². The summed E-state index contributed by atoms with van der Waals surface area (Å²) >= 11 is 6.28. The highest BCUT2D eigenvalue weighted by atomic mass is 35.5. The van der Waals surface area contributed by atoms with Crippen molar-refractivity contribution >= 4 is 11.6 Å². The molecule has 3 heteroatoms. The number of nitrogens with zero attached hydrogens (tertiary/aromatic N) is 1. The molecular weight excluding hydrogens is 222 g/mol. The summed E-state index contributed by atoms with van der Waals surface area (Å²) in [5, 5.41) is 0.421. The van der Waals surface area contributed by atoms with Crippen LogP contribution in [0.4, 0.5) is 0 Å². The number of hydrogen-bond donors (Lipinski definition) is 0. The van der Waals surface area contributed by atoms with Gasteiger partial charge >= 0.3 is 0 Å². The van der Waals surface area contributed by atoms with Crippen LogP contribution >= 0.6 is 11.6 Å². The molecule has 0 N–H and O–H groups in total. The molecule has 0 aromatic rings. The third-order valence-electron chi connectivity index (χ3n) is 4.35. The summed E-state index contributed by atoms with van der Waals surface area (Å²) in [6.45, 7) is 5.51. The number of rotatable bonds is 4. The first-order chi connectivity index (χ1) is 7.52. The van der Waals surface area contributed by atoms with Crippen molar-refractivity contribution in [2.45, 2.75) is 69.0 Å². The molecule has 2 aliphatic rings. The maximum absolute atomic E-state index is 6.28. The summed E-state index contributed by atoms with van der Waals surface area (Å²) in [6.07, 6.45) is 6.18. The van der Waals surface area contributed by atoms with Crippen LogP contribution in [-0.4, -0.2) is 41.6 Å². The molecule has 0 aromatic heterocycles. The lowest BCUT2D eigenvalue weighted by atomic mass is 9.99. The molecule has 0 amide bonds. The standard InChI is InChI=1S/C13H24ClNO/c1-13(2,16-3)6-7-15-11-4-5-12(15)9-10(14)8-11/h10-12H,4-9H2,1-3H3. The third-order valence-corrected chi connectivity index (χ3v) is 4.71. The average molecular weight is 246 g/mol. The minimum Gasteiger partial charge on any atom is -0.379 e. The Kier molecular flexibility index (Phi) is 3.82. The van der Waals surface area contributed by atoms with E-state index in [1.54, 1.807) is 7.11 Å². The number of alkyl halides is 1. The molecule has 2 heterocycles. The molecule has 0 spiro atoms. The van der Waals surface area contributed by atoms with Gasteiger partial charge in [0.1, 0.15) is 0 Å². The van der Waals surface area contributed by atoms with E-state index in [9.17, 15) is 0 Å². The first-order valence-corrected chi connectivity index (χ1v) is 6.90. The number of piperidine rings is 1. The van der Waals surface area contributed by atoms with E-state index in [0.717, 1.165) is 18.5 Å². The Morgan fingerprint density at radius 1 is 1.25 bits per heavy atom. The van der Waals surface area contributed by atoms with E-state index in [1.165, 1.54) is 32.2 Å². The highest BCUT2D eigenvalue weighted by Gasteiger charge is 2.40. The molecule has 2 aliphatic heterocycles. The fourth-order valence-electron chi connectivity index (χ4n) is 3.07. The van der Waals surface area contributed by atoms with Crippen molar-refractivity contribution in [3.63, 3.8) is 0 Å². The second kappa shape index (κ2) is 4.83. The van der Waals surface area contributed by atoms with Crippen molar-refractivity contribution in [3.8, 4) is 0 Å². The van der Waals surface area contributed by atoms with Crippen molar-refractivity contribution in [2.24, 2.45) is 0 Å². The van der Waals surface area contributed by atoms with Crippen LogP contribution in [0.25, 0.3) is 0 Å². The summed E-state index contributed by atoms with van der Waals surface area (Å²) in [7, 11) is 1.81. The van der Waals surface area contributed by atoms with Gasteiger partial charge in [0.15, 0.2) is 0 Å². The van der Waals surface area contributed by atoms with Crippen LogP contribution in [-0.2, 0) is 4.74 Å². The van der Waals surface area contributed by atoms with E-state index in [4.69, 9.17) is 16.3 Å². The molecule has 0 aromatic carbocycles. The van der Waals surface area contributed by atoms with Gasteiger partial charge in [0.25, 0.3) is 0 Å². The predicted molar refractivity (Wildman–Crippen MR) is 68.1 cm³/mol. The summed E-state index contributed by atoms with van der Waals surface area (Å²) in [6, 6.07) is 1.49. The second-order valence-electron chi connectivity index (χ2n) is 5.91. The maximum Gasteiger partial charge on any atom is 0.0634 e. The molecule has 2 atom stereocenters. The first-order valence-electron chi connectivity index (χ1n) is 6.47.